The molecule has 0 aromatic carbocycles. The maximum Gasteiger partial charge on any atom is 0.240 e. The van der Waals surface area contributed by atoms with Gasteiger partial charge >= 0.3 is 0 Å². The van der Waals surface area contributed by atoms with Gasteiger partial charge in [0.05, 0.1) is 13.3 Å². The minimum Gasteiger partial charge on any atom is -0.479 e. The molecule has 0 unspecified atom stereocenters. The lowest BCUT2D eigenvalue weighted by Crippen LogP contribution is -2.12. The molecule has 1 aliphatic carbocycles. The van der Waals surface area contributed by atoms with Crippen LogP contribution in [0.25, 0.3) is 0 Å². The van der Waals surface area contributed by atoms with E-state index in [0.29, 0.717) is 23.9 Å². The lowest BCUT2D eigenvalue weighted by molar-refractivity contribution is -0.115. The number of hydrogen-bond donors (Lipinski definition) is 1. The van der Waals surface area contributed by atoms with E-state index in [1.807, 2.05) is 13.8 Å². The first-order valence-electron chi connectivity index (χ1n) is 6.45. The summed E-state index contributed by atoms with van der Waals surface area (Å²) in [6, 6.07) is 0. The molecule has 5 nitrogen and oxygen atoms in total. The minimum absolute atomic E-state index is 0.0685. The van der Waals surface area contributed by atoms with E-state index in [1.54, 1.807) is 20.2 Å². The number of anilines is 1. The van der Waals surface area contributed by atoms with Gasteiger partial charge in [-0.15, -0.1) is 0 Å². The SMILES string of the molecule is CC.CCC(=O)Nc1cnc(C2CC2)nc1OC. The van der Waals surface area contributed by atoms with Gasteiger partial charge in [-0.2, -0.15) is 4.98 Å². The van der Waals surface area contributed by atoms with Crippen LogP contribution in [0, 0.1) is 0 Å². The van der Waals surface area contributed by atoms with Crippen molar-refractivity contribution in [3.63, 3.8) is 0 Å². The van der Waals surface area contributed by atoms with E-state index in [-0.39, 0.29) is 5.91 Å². The molecule has 1 aliphatic rings. The zero-order valence-corrected chi connectivity index (χ0v) is 11.5. The first kappa shape index (κ1) is 14.4. The van der Waals surface area contributed by atoms with Crippen molar-refractivity contribution in [2.75, 3.05) is 12.4 Å². The molecule has 0 bridgehead atoms. The first-order chi connectivity index (χ1) is 8.74. The molecule has 0 atom stereocenters. The van der Waals surface area contributed by atoms with Crippen molar-refractivity contribution in [3.8, 4) is 5.88 Å². The zero-order valence-electron chi connectivity index (χ0n) is 11.5. The van der Waals surface area contributed by atoms with Crippen LogP contribution in [0.2, 0.25) is 0 Å². The second-order valence-electron chi connectivity index (χ2n) is 3.83. The lowest BCUT2D eigenvalue weighted by atomic mass is 10.3. The van der Waals surface area contributed by atoms with Crippen LogP contribution in [0.1, 0.15) is 51.8 Å². The second kappa shape index (κ2) is 6.93. The Morgan fingerprint density at radius 2 is 2.17 bits per heavy atom. The summed E-state index contributed by atoms with van der Waals surface area (Å²) in [7, 11) is 1.54. The average Bonchev–Trinajstić information content (AvgIpc) is 3.25. The van der Waals surface area contributed by atoms with E-state index in [2.05, 4.69) is 15.3 Å². The Balaban J connectivity index is 0.000000771. The summed E-state index contributed by atoms with van der Waals surface area (Å²) in [6.07, 6.45) is 4.33. The van der Waals surface area contributed by atoms with Crippen molar-refractivity contribution in [1.29, 1.82) is 0 Å². The highest BCUT2D eigenvalue weighted by atomic mass is 16.5. The Morgan fingerprint density at radius 3 is 2.67 bits per heavy atom. The van der Waals surface area contributed by atoms with Gasteiger partial charge < -0.3 is 10.1 Å². The fourth-order valence-electron chi connectivity index (χ4n) is 1.40. The van der Waals surface area contributed by atoms with E-state index in [1.165, 1.54) is 0 Å². The summed E-state index contributed by atoms with van der Waals surface area (Å²) >= 11 is 0. The van der Waals surface area contributed by atoms with Crippen LogP contribution >= 0.6 is 0 Å². The fraction of sp³-hybridized carbons (Fsp3) is 0.615. The number of ether oxygens (including phenoxy) is 1. The van der Waals surface area contributed by atoms with E-state index >= 15 is 0 Å². The molecular formula is C13H21N3O2. The molecule has 1 aromatic rings. The highest BCUT2D eigenvalue weighted by Gasteiger charge is 2.27. The van der Waals surface area contributed by atoms with Crippen LogP contribution < -0.4 is 10.1 Å². The molecule has 0 saturated heterocycles. The number of nitrogens with zero attached hydrogens (tertiary/aromatic N) is 2. The predicted molar refractivity (Wildman–Crippen MR) is 70.8 cm³/mol. The highest BCUT2D eigenvalue weighted by Crippen LogP contribution is 2.39. The van der Waals surface area contributed by atoms with Crippen LogP contribution in [0.3, 0.4) is 0 Å². The largest absolute Gasteiger partial charge is 0.479 e. The Bertz CT molecular complexity index is 403. The van der Waals surface area contributed by atoms with Gasteiger partial charge in [0.15, 0.2) is 0 Å². The summed E-state index contributed by atoms with van der Waals surface area (Å²) in [6.45, 7) is 5.79. The average molecular weight is 251 g/mol. The number of nitrogens with one attached hydrogen (secondary N) is 1. The number of aromatic nitrogens is 2. The number of methoxy groups -OCH3 is 1. The molecule has 1 aromatic heterocycles. The van der Waals surface area contributed by atoms with Gasteiger partial charge in [0.25, 0.3) is 0 Å². The van der Waals surface area contributed by atoms with Gasteiger partial charge in [-0.05, 0) is 12.8 Å². The Hall–Kier alpha value is -1.65. The molecule has 0 aliphatic heterocycles. The van der Waals surface area contributed by atoms with Crippen molar-refractivity contribution < 1.29 is 9.53 Å². The molecule has 1 heterocycles. The first-order valence-corrected chi connectivity index (χ1v) is 6.45. The molecule has 0 spiro atoms. The quantitative estimate of drug-likeness (QED) is 0.893. The van der Waals surface area contributed by atoms with Crippen LogP contribution in [0.4, 0.5) is 5.69 Å². The monoisotopic (exact) mass is 251 g/mol. The third-order valence-corrected chi connectivity index (χ3v) is 2.50. The third-order valence-electron chi connectivity index (χ3n) is 2.50. The number of hydrogen-bond acceptors (Lipinski definition) is 4. The van der Waals surface area contributed by atoms with Gasteiger partial charge in [0.1, 0.15) is 11.5 Å². The summed E-state index contributed by atoms with van der Waals surface area (Å²) in [4.78, 5) is 19.8. The van der Waals surface area contributed by atoms with E-state index in [4.69, 9.17) is 4.74 Å². The van der Waals surface area contributed by atoms with Crippen molar-refractivity contribution in [2.24, 2.45) is 0 Å². The molecule has 1 N–H and O–H groups in total. The number of carbonyl (C=O) groups is 1. The standard InChI is InChI=1S/C11H15N3O2.C2H6/c1-3-9(15)13-8-6-12-10(7-4-5-7)14-11(8)16-2;1-2/h6-7H,3-5H2,1-2H3,(H,13,15);1-2H3. The normalized spacial score (nSPS) is 13.3. The third kappa shape index (κ3) is 3.68. The van der Waals surface area contributed by atoms with Crippen LogP contribution in [-0.4, -0.2) is 23.0 Å². The van der Waals surface area contributed by atoms with Crippen LogP contribution in [0.15, 0.2) is 6.20 Å². The van der Waals surface area contributed by atoms with Gasteiger partial charge in [0.2, 0.25) is 11.8 Å². The zero-order chi connectivity index (χ0) is 13.5. The Morgan fingerprint density at radius 1 is 1.50 bits per heavy atom. The summed E-state index contributed by atoms with van der Waals surface area (Å²) in [5.74, 6) is 1.66. The molecule has 1 saturated carbocycles. The fourth-order valence-corrected chi connectivity index (χ4v) is 1.40. The summed E-state index contributed by atoms with van der Waals surface area (Å²) < 4.78 is 5.14. The van der Waals surface area contributed by atoms with E-state index < -0.39 is 0 Å². The lowest BCUT2D eigenvalue weighted by Gasteiger charge is -2.09. The smallest absolute Gasteiger partial charge is 0.240 e. The van der Waals surface area contributed by atoms with Crippen molar-refractivity contribution in [1.82, 2.24) is 9.97 Å². The maximum absolute atomic E-state index is 11.3. The Labute approximate surface area is 108 Å². The molecule has 18 heavy (non-hydrogen) atoms. The van der Waals surface area contributed by atoms with Gasteiger partial charge in [0, 0.05) is 12.3 Å². The molecule has 5 heteroatoms. The summed E-state index contributed by atoms with van der Waals surface area (Å²) in [5, 5.41) is 2.71. The molecule has 2 rings (SSSR count). The molecular weight excluding hydrogens is 230 g/mol. The van der Waals surface area contributed by atoms with Gasteiger partial charge in [-0.3, -0.25) is 4.79 Å². The number of rotatable bonds is 4. The second-order valence-corrected chi connectivity index (χ2v) is 3.83. The van der Waals surface area contributed by atoms with E-state index in [9.17, 15) is 4.79 Å². The molecule has 100 valence electrons. The van der Waals surface area contributed by atoms with Crippen LogP contribution in [-0.2, 0) is 4.79 Å². The highest BCUT2D eigenvalue weighted by molar-refractivity contribution is 5.91. The summed E-state index contributed by atoms with van der Waals surface area (Å²) in [5.41, 5.74) is 0.541. The number of amides is 1. The topological polar surface area (TPSA) is 64.1 Å². The van der Waals surface area contributed by atoms with Gasteiger partial charge in [-0.25, -0.2) is 4.98 Å². The van der Waals surface area contributed by atoms with Crippen molar-refractivity contribution in [3.05, 3.63) is 12.0 Å². The van der Waals surface area contributed by atoms with Crippen molar-refractivity contribution in [2.45, 2.75) is 46.0 Å². The van der Waals surface area contributed by atoms with E-state index in [0.717, 1.165) is 18.7 Å². The van der Waals surface area contributed by atoms with Gasteiger partial charge in [-0.1, -0.05) is 20.8 Å². The van der Waals surface area contributed by atoms with Crippen molar-refractivity contribution >= 4 is 11.6 Å². The predicted octanol–water partition coefficient (Wildman–Crippen LogP) is 2.74. The Kier molecular flexibility index (Phi) is 5.55. The molecule has 0 radical (unpaired) electrons. The molecule has 1 fully saturated rings. The maximum atomic E-state index is 11.3. The van der Waals surface area contributed by atoms with Crippen LogP contribution in [0.5, 0.6) is 5.88 Å². The number of carbonyl (C=O) groups excluding carboxylic acids is 1. The minimum atomic E-state index is -0.0685. The molecule has 1 amide bonds.